The molecule has 1 saturated heterocycles. The average Bonchev–Trinajstić information content (AvgIpc) is 3.31. The summed E-state index contributed by atoms with van der Waals surface area (Å²) in [5, 5.41) is 5.44. The summed E-state index contributed by atoms with van der Waals surface area (Å²) in [6, 6.07) is 9.71. The van der Waals surface area contributed by atoms with Crippen molar-refractivity contribution in [3.63, 3.8) is 0 Å². The maximum Gasteiger partial charge on any atom is 0.323 e. The molecule has 2 aromatic rings. The van der Waals surface area contributed by atoms with Gasteiger partial charge in [0.2, 0.25) is 0 Å². The number of urea groups is 1. The van der Waals surface area contributed by atoms with Crippen molar-refractivity contribution in [1.29, 1.82) is 0 Å². The maximum absolute atomic E-state index is 14.9. The van der Waals surface area contributed by atoms with Crippen LogP contribution in [0.25, 0.3) is 11.1 Å². The number of hydrogen-bond donors (Lipinski definition) is 2. The molecule has 212 valence electrons. The van der Waals surface area contributed by atoms with Crippen molar-refractivity contribution in [2.45, 2.75) is 66.3 Å². The number of anilines is 1. The monoisotopic (exact) mass is 547 g/mol. The minimum Gasteiger partial charge on any atom is -0.497 e. The van der Waals surface area contributed by atoms with Crippen LogP contribution in [0, 0.1) is 18.2 Å². The van der Waals surface area contributed by atoms with Crippen LogP contribution in [0.15, 0.2) is 59.3 Å². The van der Waals surface area contributed by atoms with Crippen LogP contribution in [0.5, 0.6) is 5.75 Å². The Morgan fingerprint density at radius 3 is 2.38 bits per heavy atom. The molecule has 1 fully saturated rings. The molecule has 4 rings (SSSR count). The number of ether oxygens (including phenoxy) is 1. The number of nitrogens with one attached hydrogen (secondary N) is 2. The van der Waals surface area contributed by atoms with E-state index in [9.17, 15) is 18.8 Å². The molecule has 0 spiro atoms. The summed E-state index contributed by atoms with van der Waals surface area (Å²) in [5.41, 5.74) is 2.96. The molecule has 0 bridgehead atoms. The minimum atomic E-state index is -0.934. The molecule has 1 aliphatic carbocycles. The number of carbonyl (C=O) groups is 3. The van der Waals surface area contributed by atoms with Crippen molar-refractivity contribution in [1.82, 2.24) is 10.2 Å². The SMILES string of the molecule is COc1ccc(-c2cc(NC(=O)NC3=C(C(=O)N4CCCC(=O)C4(C)C)C=C(C(C)(C)C)C3)c(F)cc2C)cc1. The number of aryl methyl sites for hydroxylation is 1. The van der Waals surface area contributed by atoms with Gasteiger partial charge in [-0.25, -0.2) is 9.18 Å². The van der Waals surface area contributed by atoms with Crippen LogP contribution < -0.4 is 15.4 Å². The molecule has 3 amide bonds. The number of halogens is 1. The third-order valence-corrected chi connectivity index (χ3v) is 7.82. The van der Waals surface area contributed by atoms with Crippen molar-refractivity contribution in [3.05, 3.63) is 70.7 Å². The third-order valence-electron chi connectivity index (χ3n) is 7.82. The number of ketones is 1. The quantitative estimate of drug-likeness (QED) is 0.445. The molecule has 2 aliphatic rings. The van der Waals surface area contributed by atoms with Gasteiger partial charge in [-0.2, -0.15) is 0 Å². The summed E-state index contributed by atoms with van der Waals surface area (Å²) in [6.45, 7) is 11.9. The number of hydrogen-bond acceptors (Lipinski definition) is 4. The first-order valence-electron chi connectivity index (χ1n) is 13.5. The number of rotatable bonds is 5. The molecule has 8 heteroatoms. The van der Waals surface area contributed by atoms with Crippen molar-refractivity contribution >= 4 is 23.4 Å². The minimum absolute atomic E-state index is 0.0143. The van der Waals surface area contributed by atoms with E-state index in [1.54, 1.807) is 38.8 Å². The number of allylic oxidation sites excluding steroid dienone is 1. The maximum atomic E-state index is 14.9. The topological polar surface area (TPSA) is 87.7 Å². The van der Waals surface area contributed by atoms with Gasteiger partial charge in [-0.05, 0) is 79.6 Å². The molecule has 2 aromatic carbocycles. The molecule has 1 heterocycles. The molecule has 0 aromatic heterocycles. The molecule has 0 atom stereocenters. The number of nitrogens with zero attached hydrogens (tertiary/aromatic N) is 1. The number of piperidine rings is 1. The van der Waals surface area contributed by atoms with Crippen molar-refractivity contribution in [2.24, 2.45) is 5.41 Å². The van der Waals surface area contributed by atoms with Gasteiger partial charge in [-0.3, -0.25) is 9.59 Å². The first kappa shape index (κ1) is 29.1. The molecular formula is C32H38FN3O4. The van der Waals surface area contributed by atoms with E-state index in [2.05, 4.69) is 10.6 Å². The van der Waals surface area contributed by atoms with Gasteiger partial charge in [0.05, 0.1) is 23.9 Å². The average molecular weight is 548 g/mol. The summed E-state index contributed by atoms with van der Waals surface area (Å²) in [7, 11) is 1.59. The van der Waals surface area contributed by atoms with E-state index in [0.717, 1.165) is 22.3 Å². The van der Waals surface area contributed by atoms with E-state index < -0.39 is 17.4 Å². The molecule has 0 saturated carbocycles. The Morgan fingerprint density at radius 1 is 1.07 bits per heavy atom. The molecule has 0 radical (unpaired) electrons. The lowest BCUT2D eigenvalue weighted by Gasteiger charge is -2.41. The van der Waals surface area contributed by atoms with Gasteiger partial charge in [0.15, 0.2) is 5.78 Å². The Morgan fingerprint density at radius 2 is 1.75 bits per heavy atom. The number of likely N-dealkylation sites (tertiary alicyclic amines) is 1. The van der Waals surface area contributed by atoms with Gasteiger partial charge in [0, 0.05) is 25.1 Å². The number of carbonyl (C=O) groups excluding carboxylic acids is 3. The van der Waals surface area contributed by atoms with Gasteiger partial charge in [-0.15, -0.1) is 0 Å². The molecular weight excluding hydrogens is 509 g/mol. The highest BCUT2D eigenvalue weighted by Crippen LogP contribution is 2.38. The molecule has 40 heavy (non-hydrogen) atoms. The second kappa shape index (κ2) is 10.9. The van der Waals surface area contributed by atoms with Crippen LogP contribution in [0.1, 0.15) is 59.4 Å². The van der Waals surface area contributed by atoms with Crippen LogP contribution in [-0.2, 0) is 9.59 Å². The van der Waals surface area contributed by atoms with Gasteiger partial charge in [0.1, 0.15) is 11.6 Å². The van der Waals surface area contributed by atoms with E-state index in [-0.39, 0.29) is 22.8 Å². The Kier molecular flexibility index (Phi) is 7.92. The fourth-order valence-electron chi connectivity index (χ4n) is 5.16. The third kappa shape index (κ3) is 5.81. The highest BCUT2D eigenvalue weighted by atomic mass is 19.1. The Balaban J connectivity index is 1.61. The first-order valence-corrected chi connectivity index (χ1v) is 13.5. The van der Waals surface area contributed by atoms with Crippen molar-refractivity contribution in [3.8, 4) is 16.9 Å². The first-order chi connectivity index (χ1) is 18.7. The van der Waals surface area contributed by atoms with Crippen molar-refractivity contribution in [2.75, 3.05) is 19.0 Å². The summed E-state index contributed by atoms with van der Waals surface area (Å²) < 4.78 is 20.2. The molecule has 1 aliphatic heterocycles. The number of Topliss-reactive ketones (excluding diaryl/α,β-unsaturated/α-hetero) is 1. The lowest BCUT2D eigenvalue weighted by molar-refractivity contribution is -0.145. The summed E-state index contributed by atoms with van der Waals surface area (Å²) in [5.74, 6) is -0.142. The largest absolute Gasteiger partial charge is 0.497 e. The van der Waals surface area contributed by atoms with Gasteiger partial charge < -0.3 is 20.3 Å². The predicted octanol–water partition coefficient (Wildman–Crippen LogP) is 6.53. The normalized spacial score (nSPS) is 17.1. The lowest BCUT2D eigenvalue weighted by Crippen LogP contribution is -2.56. The van der Waals surface area contributed by atoms with Crippen LogP contribution in [0.2, 0.25) is 0 Å². The zero-order chi connectivity index (χ0) is 29.4. The van der Waals surface area contributed by atoms with Crippen LogP contribution in [0.4, 0.5) is 14.9 Å². The zero-order valence-corrected chi connectivity index (χ0v) is 24.3. The van der Waals surface area contributed by atoms with Crippen LogP contribution >= 0.6 is 0 Å². The van der Waals surface area contributed by atoms with Gasteiger partial charge in [-0.1, -0.05) is 38.5 Å². The zero-order valence-electron chi connectivity index (χ0n) is 24.3. The molecule has 2 N–H and O–H groups in total. The highest BCUT2D eigenvalue weighted by Gasteiger charge is 2.42. The highest BCUT2D eigenvalue weighted by molar-refractivity contribution is 6.03. The number of amides is 3. The Hall–Kier alpha value is -3.94. The van der Waals surface area contributed by atoms with Gasteiger partial charge in [0.25, 0.3) is 5.91 Å². The fraction of sp³-hybridized carbons (Fsp3) is 0.406. The van der Waals surface area contributed by atoms with E-state index in [0.29, 0.717) is 42.8 Å². The molecule has 7 nitrogen and oxygen atoms in total. The fourth-order valence-corrected chi connectivity index (χ4v) is 5.16. The molecule has 0 unspecified atom stereocenters. The second-order valence-corrected chi connectivity index (χ2v) is 12.0. The van der Waals surface area contributed by atoms with Crippen LogP contribution in [0.3, 0.4) is 0 Å². The smallest absolute Gasteiger partial charge is 0.323 e. The van der Waals surface area contributed by atoms with E-state index >= 15 is 0 Å². The van der Waals surface area contributed by atoms with E-state index in [4.69, 9.17) is 4.74 Å². The predicted molar refractivity (Wildman–Crippen MR) is 154 cm³/mol. The van der Waals surface area contributed by atoms with Gasteiger partial charge >= 0.3 is 6.03 Å². The summed E-state index contributed by atoms with van der Waals surface area (Å²) in [4.78, 5) is 41.1. The number of methoxy groups -OCH3 is 1. The Bertz CT molecular complexity index is 1410. The summed E-state index contributed by atoms with van der Waals surface area (Å²) >= 11 is 0. The van der Waals surface area contributed by atoms with Crippen LogP contribution in [-0.4, -0.2) is 41.8 Å². The van der Waals surface area contributed by atoms with E-state index in [1.807, 2.05) is 51.1 Å². The summed E-state index contributed by atoms with van der Waals surface area (Å²) in [6.07, 6.45) is 3.23. The van der Waals surface area contributed by atoms with Crippen molar-refractivity contribution < 1.29 is 23.5 Å². The second-order valence-electron chi connectivity index (χ2n) is 12.0. The van der Waals surface area contributed by atoms with E-state index in [1.165, 1.54) is 6.07 Å². The lowest BCUT2D eigenvalue weighted by atomic mass is 9.85. The standard InChI is InChI=1S/C32H38FN3O4/c1-19-15-25(33)27(18-23(19)20-10-12-22(40-7)13-11-20)35-30(39)34-26-17-21(31(2,3)4)16-24(26)29(38)36-14-8-9-28(37)32(36,5)6/h10-13,15-16,18H,8-9,14,17H2,1-7H3,(H2,34,35,39). The number of benzene rings is 2. The Labute approximate surface area is 235 Å².